The Kier molecular flexibility index (Phi) is 4.81. The first-order chi connectivity index (χ1) is 9.50. The van der Waals surface area contributed by atoms with Crippen molar-refractivity contribution < 1.29 is 4.79 Å². The van der Waals surface area contributed by atoms with Crippen LogP contribution in [0.4, 0.5) is 0 Å². The number of amides is 1. The third kappa shape index (κ3) is 3.21. The molecule has 1 aromatic rings. The van der Waals surface area contributed by atoms with Crippen LogP contribution >= 0.6 is 0 Å². The zero-order valence-corrected chi connectivity index (χ0v) is 12.8. The molecule has 0 aliphatic carbocycles. The molecule has 2 rings (SSSR count). The normalized spacial score (nSPS) is 24.1. The predicted molar refractivity (Wildman–Crippen MR) is 82.4 cm³/mol. The van der Waals surface area contributed by atoms with E-state index in [2.05, 4.69) is 45.0 Å². The van der Waals surface area contributed by atoms with E-state index in [1.807, 2.05) is 11.0 Å². The maximum absolute atomic E-state index is 12.5. The van der Waals surface area contributed by atoms with Crippen LogP contribution in [-0.2, 0) is 4.79 Å². The lowest BCUT2D eigenvalue weighted by Crippen LogP contribution is -2.46. The van der Waals surface area contributed by atoms with Crippen molar-refractivity contribution in [1.29, 1.82) is 0 Å². The highest BCUT2D eigenvalue weighted by atomic mass is 16.2. The highest BCUT2D eigenvalue weighted by Gasteiger charge is 2.36. The highest BCUT2D eigenvalue weighted by Crippen LogP contribution is 2.33. The smallest absolute Gasteiger partial charge is 0.239 e. The minimum atomic E-state index is -0.355. The number of benzene rings is 1. The van der Waals surface area contributed by atoms with Crippen molar-refractivity contribution in [2.24, 2.45) is 11.7 Å². The average molecular weight is 274 g/mol. The number of likely N-dealkylation sites (tertiary alicyclic amines) is 1. The third-order valence-electron chi connectivity index (χ3n) is 4.31. The van der Waals surface area contributed by atoms with Gasteiger partial charge in [0, 0.05) is 18.5 Å². The molecule has 0 bridgehead atoms. The van der Waals surface area contributed by atoms with Crippen LogP contribution in [0, 0.1) is 5.92 Å². The molecule has 1 amide bonds. The predicted octanol–water partition coefficient (Wildman–Crippen LogP) is 2.76. The van der Waals surface area contributed by atoms with E-state index in [1.54, 1.807) is 0 Å². The van der Waals surface area contributed by atoms with Crippen molar-refractivity contribution in [1.82, 2.24) is 4.90 Å². The van der Waals surface area contributed by atoms with E-state index in [1.165, 1.54) is 5.56 Å². The monoisotopic (exact) mass is 274 g/mol. The minimum Gasteiger partial charge on any atom is -0.338 e. The minimum absolute atomic E-state index is 0.115. The van der Waals surface area contributed by atoms with Gasteiger partial charge in [-0.1, -0.05) is 44.2 Å². The van der Waals surface area contributed by atoms with Crippen LogP contribution in [0.25, 0.3) is 0 Å². The van der Waals surface area contributed by atoms with Crippen LogP contribution in [0.5, 0.6) is 0 Å². The first-order valence-corrected chi connectivity index (χ1v) is 7.61. The molecule has 1 aromatic carbocycles. The van der Waals surface area contributed by atoms with Crippen LogP contribution in [0.15, 0.2) is 30.3 Å². The quantitative estimate of drug-likeness (QED) is 0.917. The highest BCUT2D eigenvalue weighted by molar-refractivity contribution is 5.82. The summed E-state index contributed by atoms with van der Waals surface area (Å²) >= 11 is 0. The van der Waals surface area contributed by atoms with Gasteiger partial charge in [-0.2, -0.15) is 0 Å². The Morgan fingerprint density at radius 2 is 2.00 bits per heavy atom. The number of rotatable bonds is 4. The van der Waals surface area contributed by atoms with Gasteiger partial charge < -0.3 is 10.6 Å². The summed E-state index contributed by atoms with van der Waals surface area (Å²) in [5, 5.41) is 0. The van der Waals surface area contributed by atoms with Crippen LogP contribution in [0.3, 0.4) is 0 Å². The second-order valence-corrected chi connectivity index (χ2v) is 6.31. The largest absolute Gasteiger partial charge is 0.338 e. The lowest BCUT2D eigenvalue weighted by atomic mass is 9.92. The van der Waals surface area contributed by atoms with Gasteiger partial charge in [0.05, 0.1) is 6.04 Å². The Morgan fingerprint density at radius 1 is 1.35 bits per heavy atom. The fraction of sp³-hybridized carbons (Fsp3) is 0.588. The molecular formula is C17H26N2O. The molecular weight excluding hydrogens is 248 g/mol. The van der Waals surface area contributed by atoms with E-state index in [4.69, 9.17) is 5.73 Å². The molecule has 2 unspecified atom stereocenters. The Morgan fingerprint density at radius 3 is 2.60 bits per heavy atom. The van der Waals surface area contributed by atoms with E-state index >= 15 is 0 Å². The van der Waals surface area contributed by atoms with E-state index in [-0.39, 0.29) is 18.0 Å². The van der Waals surface area contributed by atoms with Crippen molar-refractivity contribution in [3.05, 3.63) is 35.9 Å². The van der Waals surface area contributed by atoms with Gasteiger partial charge in [-0.3, -0.25) is 4.79 Å². The fourth-order valence-electron chi connectivity index (χ4n) is 3.22. The maximum Gasteiger partial charge on any atom is 0.239 e. The number of nitrogens with two attached hydrogens (primary N) is 1. The molecule has 110 valence electrons. The van der Waals surface area contributed by atoms with Gasteiger partial charge in [0.25, 0.3) is 0 Å². The van der Waals surface area contributed by atoms with Gasteiger partial charge in [0.15, 0.2) is 0 Å². The molecule has 1 aliphatic heterocycles. The van der Waals surface area contributed by atoms with Crippen LogP contribution in [-0.4, -0.2) is 29.4 Å². The molecule has 20 heavy (non-hydrogen) atoms. The molecule has 2 N–H and O–H groups in total. The van der Waals surface area contributed by atoms with Gasteiger partial charge in [-0.25, -0.2) is 0 Å². The summed E-state index contributed by atoms with van der Waals surface area (Å²) in [5.74, 6) is 1.01. The summed E-state index contributed by atoms with van der Waals surface area (Å²) in [6.45, 7) is 7.18. The number of hydrogen-bond donors (Lipinski definition) is 1. The van der Waals surface area contributed by atoms with Gasteiger partial charge in [-0.15, -0.1) is 0 Å². The van der Waals surface area contributed by atoms with Crippen LogP contribution < -0.4 is 5.73 Å². The van der Waals surface area contributed by atoms with Crippen molar-refractivity contribution in [3.63, 3.8) is 0 Å². The SMILES string of the molecule is CC(C)C[C@H](N)C(=O)N1CCC(c2ccccc2)C1C. The molecule has 0 aromatic heterocycles. The lowest BCUT2D eigenvalue weighted by Gasteiger charge is -2.28. The zero-order valence-electron chi connectivity index (χ0n) is 12.8. The Balaban J connectivity index is 2.04. The molecule has 1 heterocycles. The first kappa shape index (κ1) is 15.0. The number of hydrogen-bond acceptors (Lipinski definition) is 2. The molecule has 0 radical (unpaired) electrons. The van der Waals surface area contributed by atoms with Gasteiger partial charge in [0.2, 0.25) is 5.91 Å². The van der Waals surface area contributed by atoms with Gasteiger partial charge >= 0.3 is 0 Å². The van der Waals surface area contributed by atoms with E-state index in [9.17, 15) is 4.79 Å². The molecule has 1 aliphatic rings. The number of nitrogens with zero attached hydrogens (tertiary/aromatic N) is 1. The Labute approximate surface area is 122 Å². The third-order valence-corrected chi connectivity index (χ3v) is 4.31. The van der Waals surface area contributed by atoms with E-state index < -0.39 is 0 Å². The standard InChI is InChI=1S/C17H26N2O/c1-12(2)11-16(18)17(20)19-10-9-15(13(19)3)14-7-5-4-6-8-14/h4-8,12-13,15-16H,9-11,18H2,1-3H3/t13?,15?,16-/m0/s1. The Hall–Kier alpha value is -1.35. The van der Waals surface area contributed by atoms with Gasteiger partial charge in [-0.05, 0) is 31.2 Å². The maximum atomic E-state index is 12.5. The summed E-state index contributed by atoms with van der Waals surface area (Å²) in [6.07, 6.45) is 1.80. The van der Waals surface area contributed by atoms with Crippen molar-refractivity contribution in [2.75, 3.05) is 6.54 Å². The summed E-state index contributed by atoms with van der Waals surface area (Å²) in [7, 11) is 0. The lowest BCUT2D eigenvalue weighted by molar-refractivity contribution is -0.133. The molecule has 3 atom stereocenters. The zero-order chi connectivity index (χ0) is 14.7. The Bertz CT molecular complexity index is 444. The molecule has 3 nitrogen and oxygen atoms in total. The van der Waals surface area contributed by atoms with E-state index in [0.29, 0.717) is 11.8 Å². The second kappa shape index (κ2) is 6.40. The number of carbonyl (C=O) groups is 1. The van der Waals surface area contributed by atoms with Crippen molar-refractivity contribution in [2.45, 2.75) is 51.6 Å². The van der Waals surface area contributed by atoms with Crippen molar-refractivity contribution in [3.8, 4) is 0 Å². The molecule has 1 saturated heterocycles. The molecule has 0 spiro atoms. The van der Waals surface area contributed by atoms with Crippen LogP contribution in [0.2, 0.25) is 0 Å². The molecule has 3 heteroatoms. The summed E-state index contributed by atoms with van der Waals surface area (Å²) < 4.78 is 0. The number of carbonyl (C=O) groups excluding carboxylic acids is 1. The van der Waals surface area contributed by atoms with Crippen molar-refractivity contribution >= 4 is 5.91 Å². The van der Waals surface area contributed by atoms with Gasteiger partial charge in [0.1, 0.15) is 0 Å². The average Bonchev–Trinajstić information content (AvgIpc) is 2.80. The summed E-state index contributed by atoms with van der Waals surface area (Å²) in [6, 6.07) is 10.4. The van der Waals surface area contributed by atoms with Crippen LogP contribution in [0.1, 0.15) is 45.1 Å². The molecule has 0 saturated carbocycles. The fourth-order valence-corrected chi connectivity index (χ4v) is 3.22. The summed E-state index contributed by atoms with van der Waals surface area (Å²) in [4.78, 5) is 14.4. The topological polar surface area (TPSA) is 46.3 Å². The molecule has 1 fully saturated rings. The second-order valence-electron chi connectivity index (χ2n) is 6.31. The summed E-state index contributed by atoms with van der Waals surface area (Å²) in [5.41, 5.74) is 7.38. The first-order valence-electron chi connectivity index (χ1n) is 7.61. The van der Waals surface area contributed by atoms with E-state index in [0.717, 1.165) is 19.4 Å².